The van der Waals surface area contributed by atoms with E-state index in [1.165, 1.54) is 0 Å². The molecule has 1 fully saturated rings. The topological polar surface area (TPSA) is 50.4 Å². The highest BCUT2D eigenvalue weighted by Gasteiger charge is 2.20. The first-order valence-electron chi connectivity index (χ1n) is 6.22. The summed E-state index contributed by atoms with van der Waals surface area (Å²) in [4.78, 5) is 11.6. The quantitative estimate of drug-likeness (QED) is 0.739. The summed E-state index contributed by atoms with van der Waals surface area (Å²) >= 11 is 0. The number of amides is 1. The highest BCUT2D eigenvalue weighted by Crippen LogP contribution is 2.12. The number of rotatable bonds is 5. The Labute approximate surface area is 98.1 Å². The lowest BCUT2D eigenvalue weighted by atomic mass is 10.0. The minimum atomic E-state index is 0.146. The molecule has 4 heteroatoms. The van der Waals surface area contributed by atoms with E-state index in [0.29, 0.717) is 18.5 Å². The van der Waals surface area contributed by atoms with E-state index in [9.17, 15) is 4.79 Å². The molecular formula is C12H24N2O2. The zero-order chi connectivity index (χ0) is 12.0. The summed E-state index contributed by atoms with van der Waals surface area (Å²) in [6.07, 6.45) is 2.70. The molecule has 1 rings (SSSR count). The van der Waals surface area contributed by atoms with E-state index in [4.69, 9.17) is 4.74 Å². The monoisotopic (exact) mass is 228 g/mol. The molecule has 0 bridgehead atoms. The maximum Gasteiger partial charge on any atom is 0.221 e. The number of hydrogen-bond acceptors (Lipinski definition) is 3. The van der Waals surface area contributed by atoms with Crippen LogP contribution in [-0.4, -0.2) is 37.2 Å². The summed E-state index contributed by atoms with van der Waals surface area (Å²) < 4.78 is 5.44. The van der Waals surface area contributed by atoms with E-state index in [1.54, 1.807) is 0 Å². The third-order valence-corrected chi connectivity index (χ3v) is 2.75. The summed E-state index contributed by atoms with van der Waals surface area (Å²) in [5, 5.41) is 6.30. The van der Waals surface area contributed by atoms with Crippen molar-refractivity contribution in [3.05, 3.63) is 0 Å². The summed E-state index contributed by atoms with van der Waals surface area (Å²) in [7, 11) is 0. The molecule has 0 aromatic carbocycles. The van der Waals surface area contributed by atoms with Gasteiger partial charge in [0.2, 0.25) is 5.91 Å². The van der Waals surface area contributed by atoms with Crippen molar-refractivity contribution >= 4 is 5.91 Å². The van der Waals surface area contributed by atoms with Gasteiger partial charge in [-0.05, 0) is 19.8 Å². The molecule has 1 aliphatic rings. The average molecular weight is 228 g/mol. The van der Waals surface area contributed by atoms with Crippen LogP contribution in [-0.2, 0) is 9.53 Å². The molecule has 2 unspecified atom stereocenters. The smallest absolute Gasteiger partial charge is 0.221 e. The van der Waals surface area contributed by atoms with Gasteiger partial charge in [0.25, 0.3) is 0 Å². The van der Waals surface area contributed by atoms with Gasteiger partial charge in [-0.2, -0.15) is 0 Å². The second-order valence-corrected chi connectivity index (χ2v) is 4.83. The van der Waals surface area contributed by atoms with Crippen LogP contribution >= 0.6 is 0 Å². The molecule has 4 nitrogen and oxygen atoms in total. The number of hydrogen-bond donors (Lipinski definition) is 2. The molecule has 0 saturated carbocycles. The largest absolute Gasteiger partial charge is 0.378 e. The molecule has 0 radical (unpaired) electrons. The Morgan fingerprint density at radius 1 is 1.50 bits per heavy atom. The van der Waals surface area contributed by atoms with Crippen LogP contribution in [0.15, 0.2) is 0 Å². The van der Waals surface area contributed by atoms with Crippen molar-refractivity contribution in [2.24, 2.45) is 0 Å². The molecule has 94 valence electrons. The van der Waals surface area contributed by atoms with E-state index < -0.39 is 0 Å². The highest BCUT2D eigenvalue weighted by molar-refractivity contribution is 5.76. The third-order valence-electron chi connectivity index (χ3n) is 2.75. The molecule has 1 saturated heterocycles. The van der Waals surface area contributed by atoms with Crippen molar-refractivity contribution < 1.29 is 9.53 Å². The standard InChI is InChI=1S/C12H24N2O2/c1-9(2)13-6-4-12(15)14-11-5-7-16-10(3)8-11/h9-11,13H,4-8H2,1-3H3,(H,14,15). The summed E-state index contributed by atoms with van der Waals surface area (Å²) in [5.41, 5.74) is 0. The molecule has 1 aliphatic heterocycles. The van der Waals surface area contributed by atoms with Gasteiger partial charge in [-0.25, -0.2) is 0 Å². The summed E-state index contributed by atoms with van der Waals surface area (Å²) in [5.74, 6) is 0.146. The Morgan fingerprint density at radius 3 is 2.88 bits per heavy atom. The van der Waals surface area contributed by atoms with Gasteiger partial charge in [-0.3, -0.25) is 4.79 Å². The molecule has 0 spiro atoms. The van der Waals surface area contributed by atoms with Crippen LogP contribution in [0.3, 0.4) is 0 Å². The Kier molecular flexibility index (Phi) is 5.77. The van der Waals surface area contributed by atoms with Crippen molar-refractivity contribution in [3.63, 3.8) is 0 Å². The van der Waals surface area contributed by atoms with Crippen molar-refractivity contribution in [1.82, 2.24) is 10.6 Å². The van der Waals surface area contributed by atoms with E-state index in [2.05, 4.69) is 31.4 Å². The van der Waals surface area contributed by atoms with Crippen molar-refractivity contribution in [2.45, 2.75) is 58.2 Å². The second kappa shape index (κ2) is 6.86. The summed E-state index contributed by atoms with van der Waals surface area (Å²) in [6, 6.07) is 0.742. The number of carbonyl (C=O) groups is 1. The molecule has 2 N–H and O–H groups in total. The van der Waals surface area contributed by atoms with Gasteiger partial charge in [0, 0.05) is 31.7 Å². The van der Waals surface area contributed by atoms with Gasteiger partial charge in [-0.15, -0.1) is 0 Å². The van der Waals surface area contributed by atoms with E-state index in [-0.39, 0.29) is 12.0 Å². The highest BCUT2D eigenvalue weighted by atomic mass is 16.5. The minimum absolute atomic E-state index is 0.146. The molecule has 0 aromatic heterocycles. The fraction of sp³-hybridized carbons (Fsp3) is 0.917. The Hall–Kier alpha value is -0.610. The van der Waals surface area contributed by atoms with E-state index in [1.807, 2.05) is 0 Å². The van der Waals surface area contributed by atoms with E-state index in [0.717, 1.165) is 26.0 Å². The molecule has 0 aliphatic carbocycles. The van der Waals surface area contributed by atoms with Crippen molar-refractivity contribution in [2.75, 3.05) is 13.2 Å². The van der Waals surface area contributed by atoms with Crippen LogP contribution in [0, 0.1) is 0 Å². The number of carbonyl (C=O) groups excluding carboxylic acids is 1. The lowest BCUT2D eigenvalue weighted by Crippen LogP contribution is -2.42. The van der Waals surface area contributed by atoms with Gasteiger partial charge in [0.05, 0.1) is 6.10 Å². The van der Waals surface area contributed by atoms with Crippen LogP contribution in [0.2, 0.25) is 0 Å². The Balaban J connectivity index is 2.13. The lowest BCUT2D eigenvalue weighted by Gasteiger charge is -2.28. The predicted octanol–water partition coefficient (Wildman–Crippen LogP) is 1.06. The number of ether oxygens (including phenoxy) is 1. The second-order valence-electron chi connectivity index (χ2n) is 4.83. The van der Waals surface area contributed by atoms with Gasteiger partial charge in [0.1, 0.15) is 0 Å². The SMILES string of the molecule is CC(C)NCCC(=O)NC1CCOC(C)C1. The Morgan fingerprint density at radius 2 is 2.25 bits per heavy atom. The maximum absolute atomic E-state index is 11.6. The zero-order valence-corrected chi connectivity index (χ0v) is 10.6. The van der Waals surface area contributed by atoms with Crippen LogP contribution in [0.1, 0.15) is 40.0 Å². The van der Waals surface area contributed by atoms with Crippen LogP contribution in [0.25, 0.3) is 0 Å². The molecular weight excluding hydrogens is 204 g/mol. The first-order chi connectivity index (χ1) is 7.58. The minimum Gasteiger partial charge on any atom is -0.378 e. The first kappa shape index (κ1) is 13.5. The van der Waals surface area contributed by atoms with E-state index >= 15 is 0 Å². The molecule has 1 heterocycles. The maximum atomic E-state index is 11.6. The van der Waals surface area contributed by atoms with Gasteiger partial charge in [-0.1, -0.05) is 13.8 Å². The van der Waals surface area contributed by atoms with Gasteiger partial charge in [0.15, 0.2) is 0 Å². The van der Waals surface area contributed by atoms with Gasteiger partial charge < -0.3 is 15.4 Å². The molecule has 1 amide bonds. The first-order valence-corrected chi connectivity index (χ1v) is 6.22. The summed E-state index contributed by atoms with van der Waals surface area (Å²) in [6.45, 7) is 7.73. The molecule has 16 heavy (non-hydrogen) atoms. The van der Waals surface area contributed by atoms with Crippen LogP contribution in [0.4, 0.5) is 0 Å². The lowest BCUT2D eigenvalue weighted by molar-refractivity contribution is -0.122. The third kappa shape index (κ3) is 5.47. The van der Waals surface area contributed by atoms with Crippen molar-refractivity contribution in [1.29, 1.82) is 0 Å². The zero-order valence-electron chi connectivity index (χ0n) is 10.6. The molecule has 0 aromatic rings. The normalized spacial score (nSPS) is 25.8. The Bertz CT molecular complexity index is 219. The van der Waals surface area contributed by atoms with Crippen LogP contribution < -0.4 is 10.6 Å². The fourth-order valence-corrected chi connectivity index (χ4v) is 1.90. The fourth-order valence-electron chi connectivity index (χ4n) is 1.90. The average Bonchev–Trinajstić information content (AvgIpc) is 2.16. The van der Waals surface area contributed by atoms with Gasteiger partial charge >= 0.3 is 0 Å². The van der Waals surface area contributed by atoms with Crippen LogP contribution in [0.5, 0.6) is 0 Å². The van der Waals surface area contributed by atoms with Crippen molar-refractivity contribution in [3.8, 4) is 0 Å². The molecule has 2 atom stereocenters. The number of nitrogens with one attached hydrogen (secondary N) is 2. The predicted molar refractivity (Wildman–Crippen MR) is 64.3 cm³/mol.